The first-order chi connectivity index (χ1) is 10.5. The van der Waals surface area contributed by atoms with E-state index in [-0.39, 0.29) is 17.0 Å². The van der Waals surface area contributed by atoms with Crippen molar-refractivity contribution >= 4 is 33.2 Å². The van der Waals surface area contributed by atoms with Gasteiger partial charge in [0.05, 0.1) is 11.5 Å². The number of benzene rings is 2. The fourth-order valence-corrected chi connectivity index (χ4v) is 2.08. The maximum atomic E-state index is 12.2. The number of halogens is 1. The van der Waals surface area contributed by atoms with Gasteiger partial charge >= 0.3 is 5.69 Å². The van der Waals surface area contributed by atoms with Gasteiger partial charge in [0.1, 0.15) is 0 Å². The van der Waals surface area contributed by atoms with Crippen LogP contribution in [0.5, 0.6) is 5.75 Å². The summed E-state index contributed by atoms with van der Waals surface area (Å²) in [4.78, 5) is 22.6. The van der Waals surface area contributed by atoms with Crippen LogP contribution in [0.4, 0.5) is 11.4 Å². The monoisotopic (exact) mass is 364 g/mol. The lowest BCUT2D eigenvalue weighted by atomic mass is 10.1. The Balaban J connectivity index is 2.24. The van der Waals surface area contributed by atoms with Crippen molar-refractivity contribution < 1.29 is 14.5 Å². The van der Waals surface area contributed by atoms with E-state index in [1.807, 2.05) is 0 Å². The Labute approximate surface area is 135 Å². The van der Waals surface area contributed by atoms with Crippen LogP contribution in [0.3, 0.4) is 0 Å². The van der Waals surface area contributed by atoms with E-state index in [0.717, 1.165) is 4.47 Å². The van der Waals surface area contributed by atoms with Crippen LogP contribution in [-0.4, -0.2) is 17.4 Å². The lowest BCUT2D eigenvalue weighted by Crippen LogP contribution is -2.12. The van der Waals surface area contributed by atoms with E-state index < -0.39 is 10.8 Å². The number of anilines is 1. The second-order valence-electron chi connectivity index (χ2n) is 4.33. The van der Waals surface area contributed by atoms with E-state index in [4.69, 9.17) is 4.74 Å². The number of carbonyl (C=O) groups excluding carboxylic acids is 1. The highest BCUT2D eigenvalue weighted by molar-refractivity contribution is 9.10. The zero-order valence-electron chi connectivity index (χ0n) is 11.7. The number of ether oxygens (including phenoxy) is 1. The summed E-state index contributed by atoms with van der Waals surface area (Å²) in [5.74, 6) is -0.277. The number of hydrogen-bond acceptors (Lipinski definition) is 4. The molecule has 1 amide bonds. The molecule has 2 aromatic rings. The van der Waals surface area contributed by atoms with E-state index in [1.165, 1.54) is 18.2 Å². The van der Waals surface area contributed by atoms with E-state index in [2.05, 4.69) is 21.2 Å². The smallest absolute Gasteiger partial charge is 0.311 e. The van der Waals surface area contributed by atoms with Crippen molar-refractivity contribution in [3.8, 4) is 5.75 Å². The Hall–Kier alpha value is -2.41. The average Bonchev–Trinajstić information content (AvgIpc) is 2.50. The van der Waals surface area contributed by atoms with Gasteiger partial charge in [-0.2, -0.15) is 0 Å². The second-order valence-corrected chi connectivity index (χ2v) is 5.25. The van der Waals surface area contributed by atoms with Gasteiger partial charge < -0.3 is 10.1 Å². The van der Waals surface area contributed by atoms with Crippen LogP contribution < -0.4 is 10.1 Å². The van der Waals surface area contributed by atoms with Crippen molar-refractivity contribution in [3.05, 3.63) is 62.6 Å². The average molecular weight is 365 g/mol. The van der Waals surface area contributed by atoms with Gasteiger partial charge in [0.15, 0.2) is 5.75 Å². The maximum Gasteiger partial charge on any atom is 0.311 e. The van der Waals surface area contributed by atoms with Gasteiger partial charge in [-0.15, -0.1) is 0 Å². The Morgan fingerprint density at radius 1 is 1.27 bits per heavy atom. The summed E-state index contributed by atoms with van der Waals surface area (Å²) < 4.78 is 6.08. The minimum absolute atomic E-state index is 0.146. The minimum atomic E-state index is -0.568. The molecule has 1 N–H and O–H groups in total. The number of nitro groups is 1. The van der Waals surface area contributed by atoms with Crippen LogP contribution in [0.2, 0.25) is 0 Å². The highest BCUT2D eigenvalue weighted by Crippen LogP contribution is 2.28. The largest absolute Gasteiger partial charge is 0.487 e. The summed E-state index contributed by atoms with van der Waals surface area (Å²) in [6, 6.07) is 11.2. The molecule has 0 spiro atoms. The molecule has 0 atom stereocenters. The van der Waals surface area contributed by atoms with Gasteiger partial charge in [0.25, 0.3) is 5.91 Å². The minimum Gasteiger partial charge on any atom is -0.487 e. The predicted octanol–water partition coefficient (Wildman–Crippen LogP) is 4.01. The number of nitro benzene ring substituents is 1. The third-order valence-corrected chi connectivity index (χ3v) is 3.35. The van der Waals surface area contributed by atoms with Gasteiger partial charge in [-0.1, -0.05) is 15.9 Å². The first-order valence-electron chi connectivity index (χ1n) is 6.49. The first-order valence-corrected chi connectivity index (χ1v) is 7.28. The number of carbonyl (C=O) groups is 1. The molecular weight excluding hydrogens is 352 g/mol. The summed E-state index contributed by atoms with van der Waals surface area (Å²) in [6.07, 6.45) is 0. The molecule has 0 aliphatic rings. The summed E-state index contributed by atoms with van der Waals surface area (Å²) in [5.41, 5.74) is 0.563. The molecule has 114 valence electrons. The van der Waals surface area contributed by atoms with Crippen LogP contribution in [0.1, 0.15) is 17.3 Å². The number of nitrogens with zero attached hydrogens (tertiary/aromatic N) is 1. The second kappa shape index (κ2) is 7.04. The number of hydrogen-bond donors (Lipinski definition) is 1. The molecule has 0 unspecified atom stereocenters. The van der Waals surface area contributed by atoms with Crippen LogP contribution in [-0.2, 0) is 0 Å². The summed E-state index contributed by atoms with van der Waals surface area (Å²) in [5, 5.41) is 13.7. The molecule has 0 saturated carbocycles. The van der Waals surface area contributed by atoms with Crippen molar-refractivity contribution in [2.24, 2.45) is 0 Å². The van der Waals surface area contributed by atoms with Gasteiger partial charge in [-0.25, -0.2) is 0 Å². The Morgan fingerprint density at radius 2 is 1.95 bits per heavy atom. The van der Waals surface area contributed by atoms with Crippen molar-refractivity contribution in [2.45, 2.75) is 6.92 Å². The van der Waals surface area contributed by atoms with Gasteiger partial charge in [-0.05, 0) is 43.3 Å². The van der Waals surface area contributed by atoms with Crippen molar-refractivity contribution in [1.82, 2.24) is 0 Å². The zero-order valence-corrected chi connectivity index (χ0v) is 13.3. The van der Waals surface area contributed by atoms with Crippen LogP contribution in [0.25, 0.3) is 0 Å². The molecule has 0 aliphatic carbocycles. The SMILES string of the molecule is CCOc1ccc(C(=O)Nc2ccc(Br)cc2)cc1[N+](=O)[O-]. The van der Waals surface area contributed by atoms with Gasteiger partial charge in [0.2, 0.25) is 0 Å². The molecule has 0 aliphatic heterocycles. The van der Waals surface area contributed by atoms with Crippen molar-refractivity contribution in [3.63, 3.8) is 0 Å². The number of rotatable bonds is 5. The Bertz CT molecular complexity index is 701. The lowest BCUT2D eigenvalue weighted by Gasteiger charge is -2.08. The molecule has 0 saturated heterocycles. The van der Waals surface area contributed by atoms with Gasteiger partial charge in [-0.3, -0.25) is 14.9 Å². The molecule has 2 aromatic carbocycles. The summed E-state index contributed by atoms with van der Waals surface area (Å²) in [6.45, 7) is 2.04. The molecule has 22 heavy (non-hydrogen) atoms. The predicted molar refractivity (Wildman–Crippen MR) is 86.4 cm³/mol. The summed E-state index contributed by atoms with van der Waals surface area (Å²) in [7, 11) is 0. The molecule has 0 heterocycles. The van der Waals surface area contributed by atoms with E-state index in [1.54, 1.807) is 31.2 Å². The third-order valence-electron chi connectivity index (χ3n) is 2.82. The van der Waals surface area contributed by atoms with Crippen LogP contribution >= 0.6 is 15.9 Å². The number of nitrogens with one attached hydrogen (secondary N) is 1. The zero-order chi connectivity index (χ0) is 16.1. The molecular formula is C15H13BrN2O4. The molecule has 2 rings (SSSR count). The topological polar surface area (TPSA) is 81.5 Å². The molecule has 0 aromatic heterocycles. The maximum absolute atomic E-state index is 12.2. The fraction of sp³-hybridized carbons (Fsp3) is 0.133. The highest BCUT2D eigenvalue weighted by Gasteiger charge is 2.18. The van der Waals surface area contributed by atoms with Crippen LogP contribution in [0.15, 0.2) is 46.9 Å². The van der Waals surface area contributed by atoms with Crippen molar-refractivity contribution in [2.75, 3.05) is 11.9 Å². The standard InChI is InChI=1S/C15H13BrN2O4/c1-2-22-14-8-3-10(9-13(14)18(20)21)15(19)17-12-6-4-11(16)5-7-12/h3-9H,2H2,1H3,(H,17,19). The summed E-state index contributed by atoms with van der Waals surface area (Å²) >= 11 is 3.30. The normalized spacial score (nSPS) is 10.1. The quantitative estimate of drug-likeness (QED) is 0.641. The first kappa shape index (κ1) is 16.0. The lowest BCUT2D eigenvalue weighted by molar-refractivity contribution is -0.385. The Morgan fingerprint density at radius 3 is 2.55 bits per heavy atom. The Kier molecular flexibility index (Phi) is 5.11. The molecule has 0 bridgehead atoms. The molecule has 6 nitrogen and oxygen atoms in total. The number of amides is 1. The fourth-order valence-electron chi connectivity index (χ4n) is 1.82. The van der Waals surface area contributed by atoms with E-state index >= 15 is 0 Å². The molecule has 0 fully saturated rings. The van der Waals surface area contributed by atoms with E-state index in [9.17, 15) is 14.9 Å². The van der Waals surface area contributed by atoms with Crippen LogP contribution in [0, 0.1) is 10.1 Å². The van der Waals surface area contributed by atoms with Crippen molar-refractivity contribution in [1.29, 1.82) is 0 Å². The highest BCUT2D eigenvalue weighted by atomic mass is 79.9. The van der Waals surface area contributed by atoms with Gasteiger partial charge in [0, 0.05) is 21.8 Å². The molecule has 0 radical (unpaired) electrons. The third kappa shape index (κ3) is 3.82. The van der Waals surface area contributed by atoms with E-state index in [0.29, 0.717) is 12.3 Å². The molecule has 7 heteroatoms.